The lowest BCUT2D eigenvalue weighted by molar-refractivity contribution is -0.169. The van der Waals surface area contributed by atoms with Crippen LogP contribution in [0, 0.1) is 5.82 Å². The zero-order chi connectivity index (χ0) is 14.2. The van der Waals surface area contributed by atoms with Gasteiger partial charge in [0.05, 0.1) is 19.8 Å². The first-order valence-corrected chi connectivity index (χ1v) is 6.97. The first-order chi connectivity index (χ1) is 9.62. The SMILES string of the molecule is COc1ccc(F)c(C2=CCC3(CC2)OCC(C)O3)c1. The summed E-state index contributed by atoms with van der Waals surface area (Å²) in [6, 6.07) is 4.83. The number of hydrogen-bond acceptors (Lipinski definition) is 3. The molecule has 0 N–H and O–H groups in total. The van der Waals surface area contributed by atoms with Crippen LogP contribution in [0.5, 0.6) is 5.75 Å². The molecule has 1 aromatic carbocycles. The van der Waals surface area contributed by atoms with Crippen LogP contribution >= 0.6 is 0 Å². The van der Waals surface area contributed by atoms with Gasteiger partial charge in [-0.15, -0.1) is 0 Å². The lowest BCUT2D eigenvalue weighted by Gasteiger charge is -2.31. The number of methoxy groups -OCH3 is 1. The largest absolute Gasteiger partial charge is 0.497 e. The molecule has 1 saturated heterocycles. The van der Waals surface area contributed by atoms with Crippen LogP contribution in [0.3, 0.4) is 0 Å². The van der Waals surface area contributed by atoms with Crippen LogP contribution in [0.4, 0.5) is 4.39 Å². The summed E-state index contributed by atoms with van der Waals surface area (Å²) in [6.07, 6.45) is 4.35. The molecular formula is C16H19FO3. The number of halogens is 1. The Morgan fingerprint density at radius 3 is 2.85 bits per heavy atom. The summed E-state index contributed by atoms with van der Waals surface area (Å²) in [4.78, 5) is 0. The number of rotatable bonds is 2. The van der Waals surface area contributed by atoms with E-state index in [1.165, 1.54) is 6.07 Å². The van der Waals surface area contributed by atoms with E-state index < -0.39 is 5.79 Å². The van der Waals surface area contributed by atoms with E-state index in [2.05, 4.69) is 0 Å². The van der Waals surface area contributed by atoms with E-state index in [0.717, 1.165) is 18.4 Å². The highest BCUT2D eigenvalue weighted by Crippen LogP contribution is 2.40. The molecule has 0 bridgehead atoms. The molecule has 2 unspecified atom stereocenters. The average molecular weight is 278 g/mol. The Morgan fingerprint density at radius 1 is 1.40 bits per heavy atom. The minimum atomic E-state index is -0.488. The molecule has 0 aromatic heterocycles. The van der Waals surface area contributed by atoms with Crippen molar-refractivity contribution in [3.8, 4) is 5.75 Å². The van der Waals surface area contributed by atoms with Gasteiger partial charge in [-0.1, -0.05) is 6.08 Å². The molecule has 0 saturated carbocycles. The third-order valence-corrected chi connectivity index (χ3v) is 3.95. The molecule has 3 nitrogen and oxygen atoms in total. The van der Waals surface area contributed by atoms with Crippen molar-refractivity contribution >= 4 is 5.57 Å². The maximum atomic E-state index is 14.0. The molecule has 1 aromatic rings. The van der Waals surface area contributed by atoms with Crippen molar-refractivity contribution < 1.29 is 18.6 Å². The summed E-state index contributed by atoms with van der Waals surface area (Å²) in [7, 11) is 1.59. The van der Waals surface area contributed by atoms with E-state index in [4.69, 9.17) is 14.2 Å². The summed E-state index contributed by atoms with van der Waals surface area (Å²) in [6.45, 7) is 2.65. The summed E-state index contributed by atoms with van der Waals surface area (Å²) in [5.41, 5.74) is 1.61. The highest BCUT2D eigenvalue weighted by molar-refractivity contribution is 5.68. The smallest absolute Gasteiger partial charge is 0.172 e. The molecule has 0 radical (unpaired) electrons. The van der Waals surface area contributed by atoms with Gasteiger partial charge >= 0.3 is 0 Å². The van der Waals surface area contributed by atoms with Crippen LogP contribution in [0.25, 0.3) is 5.57 Å². The first-order valence-electron chi connectivity index (χ1n) is 6.97. The van der Waals surface area contributed by atoms with E-state index in [1.54, 1.807) is 19.2 Å². The molecule has 1 spiro atoms. The van der Waals surface area contributed by atoms with E-state index in [1.807, 2.05) is 13.0 Å². The number of benzene rings is 1. The predicted molar refractivity (Wildman–Crippen MR) is 74.0 cm³/mol. The average Bonchev–Trinajstić information content (AvgIpc) is 2.82. The molecule has 1 heterocycles. The summed E-state index contributed by atoms with van der Waals surface area (Å²) in [5, 5.41) is 0. The Bertz CT molecular complexity index is 541. The molecule has 1 aliphatic carbocycles. The molecule has 2 aliphatic rings. The van der Waals surface area contributed by atoms with Crippen molar-refractivity contribution in [1.29, 1.82) is 0 Å². The molecule has 2 atom stereocenters. The van der Waals surface area contributed by atoms with Gasteiger partial charge in [0.1, 0.15) is 11.6 Å². The first kappa shape index (κ1) is 13.6. The molecule has 1 fully saturated rings. The minimum absolute atomic E-state index is 0.138. The van der Waals surface area contributed by atoms with Crippen LogP contribution in [-0.2, 0) is 9.47 Å². The topological polar surface area (TPSA) is 27.7 Å². The lowest BCUT2D eigenvalue weighted by atomic mass is 9.89. The van der Waals surface area contributed by atoms with E-state index in [9.17, 15) is 4.39 Å². The van der Waals surface area contributed by atoms with Gasteiger partial charge in [0.25, 0.3) is 0 Å². The quantitative estimate of drug-likeness (QED) is 0.828. The van der Waals surface area contributed by atoms with Gasteiger partial charge < -0.3 is 14.2 Å². The van der Waals surface area contributed by atoms with Gasteiger partial charge in [0.2, 0.25) is 0 Å². The molecule has 108 valence electrons. The fraction of sp³-hybridized carbons (Fsp3) is 0.500. The van der Waals surface area contributed by atoms with Crippen LogP contribution in [0.15, 0.2) is 24.3 Å². The van der Waals surface area contributed by atoms with Crippen LogP contribution < -0.4 is 4.74 Å². The maximum Gasteiger partial charge on any atom is 0.172 e. The Morgan fingerprint density at radius 2 is 2.25 bits per heavy atom. The van der Waals surface area contributed by atoms with E-state index >= 15 is 0 Å². The minimum Gasteiger partial charge on any atom is -0.497 e. The molecule has 0 amide bonds. The highest BCUT2D eigenvalue weighted by atomic mass is 19.1. The third kappa shape index (κ3) is 2.45. The van der Waals surface area contributed by atoms with E-state index in [-0.39, 0.29) is 11.9 Å². The monoisotopic (exact) mass is 278 g/mol. The van der Waals surface area contributed by atoms with Crippen molar-refractivity contribution in [2.45, 2.75) is 38.1 Å². The molecule has 20 heavy (non-hydrogen) atoms. The zero-order valence-corrected chi connectivity index (χ0v) is 11.8. The van der Waals surface area contributed by atoms with Crippen LogP contribution in [-0.4, -0.2) is 25.6 Å². The Kier molecular flexibility index (Phi) is 3.52. The predicted octanol–water partition coefficient (Wildman–Crippen LogP) is 3.53. The summed E-state index contributed by atoms with van der Waals surface area (Å²) >= 11 is 0. The highest BCUT2D eigenvalue weighted by Gasteiger charge is 2.40. The van der Waals surface area contributed by atoms with Crippen molar-refractivity contribution in [2.75, 3.05) is 13.7 Å². The Balaban J connectivity index is 1.83. The second-order valence-corrected chi connectivity index (χ2v) is 5.43. The lowest BCUT2D eigenvalue weighted by Crippen LogP contribution is -2.32. The fourth-order valence-corrected chi connectivity index (χ4v) is 2.87. The van der Waals surface area contributed by atoms with Crippen LogP contribution in [0.1, 0.15) is 31.7 Å². The molecule has 3 rings (SSSR count). The van der Waals surface area contributed by atoms with Crippen molar-refractivity contribution in [2.24, 2.45) is 0 Å². The van der Waals surface area contributed by atoms with Crippen molar-refractivity contribution in [3.05, 3.63) is 35.7 Å². The number of ether oxygens (including phenoxy) is 3. The second kappa shape index (κ2) is 5.19. The number of allylic oxidation sites excluding steroid dienone is 1. The molecule has 1 aliphatic heterocycles. The van der Waals surface area contributed by atoms with Gasteiger partial charge in [0, 0.05) is 18.4 Å². The van der Waals surface area contributed by atoms with Crippen molar-refractivity contribution in [1.82, 2.24) is 0 Å². The second-order valence-electron chi connectivity index (χ2n) is 5.43. The summed E-state index contributed by atoms with van der Waals surface area (Å²) < 4.78 is 30.8. The normalized spacial score (nSPS) is 29.6. The summed E-state index contributed by atoms with van der Waals surface area (Å²) in [5.74, 6) is -0.0302. The van der Waals surface area contributed by atoms with Gasteiger partial charge in [0.15, 0.2) is 5.79 Å². The number of hydrogen-bond donors (Lipinski definition) is 0. The van der Waals surface area contributed by atoms with Gasteiger partial charge in [-0.3, -0.25) is 0 Å². The zero-order valence-electron chi connectivity index (χ0n) is 11.8. The Labute approximate surface area is 118 Å². The van der Waals surface area contributed by atoms with Gasteiger partial charge in [-0.2, -0.15) is 0 Å². The fourth-order valence-electron chi connectivity index (χ4n) is 2.87. The van der Waals surface area contributed by atoms with Crippen molar-refractivity contribution in [3.63, 3.8) is 0 Å². The molecule has 4 heteroatoms. The standard InChI is InChI=1S/C16H19FO3/c1-11-10-19-16(20-11)7-5-12(6-8-16)14-9-13(18-2)3-4-15(14)17/h3-5,9,11H,6-8,10H2,1-2H3. The Hall–Kier alpha value is -1.39. The molecular weight excluding hydrogens is 259 g/mol. The van der Waals surface area contributed by atoms with Gasteiger partial charge in [-0.25, -0.2) is 4.39 Å². The third-order valence-electron chi connectivity index (χ3n) is 3.95. The van der Waals surface area contributed by atoms with E-state index in [0.29, 0.717) is 24.3 Å². The van der Waals surface area contributed by atoms with Gasteiger partial charge in [-0.05, 0) is 37.1 Å². The maximum absolute atomic E-state index is 14.0. The van der Waals surface area contributed by atoms with Crippen LogP contribution in [0.2, 0.25) is 0 Å².